The highest BCUT2D eigenvalue weighted by Gasteiger charge is 2.37. The smallest absolute Gasteiger partial charge is 0.311 e. The van der Waals surface area contributed by atoms with E-state index in [1.165, 1.54) is 12.0 Å². The Morgan fingerprint density at radius 3 is 2.83 bits per heavy atom. The van der Waals surface area contributed by atoms with Crippen LogP contribution in [0.3, 0.4) is 0 Å². The molecular weight excluding hydrogens is 236 g/mol. The lowest BCUT2D eigenvalue weighted by molar-refractivity contribution is -0.145. The Hall–Kier alpha value is -1.92. The summed E-state index contributed by atoms with van der Waals surface area (Å²) >= 11 is 0. The van der Waals surface area contributed by atoms with E-state index in [1.54, 1.807) is 11.7 Å². The van der Waals surface area contributed by atoms with E-state index < -0.39 is 5.92 Å². The van der Waals surface area contributed by atoms with E-state index in [0.717, 1.165) is 12.2 Å². The van der Waals surface area contributed by atoms with Gasteiger partial charge in [0, 0.05) is 26.4 Å². The number of aryl methyl sites for hydroxylation is 2. The third-order valence-corrected chi connectivity index (χ3v) is 3.06. The molecule has 0 radical (unpaired) electrons. The zero-order valence-electron chi connectivity index (χ0n) is 10.7. The van der Waals surface area contributed by atoms with Crippen LogP contribution in [0.5, 0.6) is 0 Å². The number of rotatable bonds is 3. The first-order valence-electron chi connectivity index (χ1n) is 5.85. The third kappa shape index (κ3) is 2.07. The van der Waals surface area contributed by atoms with E-state index in [1.807, 2.05) is 6.92 Å². The minimum Gasteiger partial charge on any atom is -0.469 e. The number of ether oxygens (including phenoxy) is 1. The molecule has 1 aromatic heterocycles. The molecule has 0 aromatic carbocycles. The molecule has 0 N–H and O–H groups in total. The number of amides is 1. The molecule has 2 rings (SSSR count). The number of carbonyl (C=O) groups is 2. The number of carbonyl (C=O) groups excluding carboxylic acids is 2. The molecule has 1 amide bonds. The van der Waals surface area contributed by atoms with Crippen LogP contribution in [-0.4, -0.2) is 40.3 Å². The highest BCUT2D eigenvalue weighted by atomic mass is 16.5. The largest absolute Gasteiger partial charge is 0.469 e. The van der Waals surface area contributed by atoms with Gasteiger partial charge in [0.25, 0.3) is 5.95 Å². The molecule has 1 aromatic rings. The lowest BCUT2D eigenvalue weighted by atomic mass is 10.1. The Bertz CT molecular complexity index is 483. The number of hydrogen-bond acceptors (Lipinski definition) is 5. The lowest BCUT2D eigenvalue weighted by Gasteiger charge is -2.10. The van der Waals surface area contributed by atoms with Gasteiger partial charge < -0.3 is 4.74 Å². The van der Waals surface area contributed by atoms with Crippen molar-refractivity contribution in [1.29, 1.82) is 0 Å². The van der Waals surface area contributed by atoms with Gasteiger partial charge in [0.2, 0.25) is 5.91 Å². The minimum atomic E-state index is -0.420. The molecule has 0 spiro atoms. The summed E-state index contributed by atoms with van der Waals surface area (Å²) in [6, 6.07) is 0. The molecule has 18 heavy (non-hydrogen) atoms. The van der Waals surface area contributed by atoms with Gasteiger partial charge in [-0.2, -0.15) is 4.98 Å². The first kappa shape index (κ1) is 12.5. The maximum atomic E-state index is 11.8. The van der Waals surface area contributed by atoms with E-state index in [0.29, 0.717) is 12.5 Å². The SMILES string of the molecule is CCc1nc(N2CC(C(=O)OC)CC2=O)nn1C. The van der Waals surface area contributed by atoms with E-state index in [9.17, 15) is 9.59 Å². The fourth-order valence-corrected chi connectivity index (χ4v) is 2.05. The predicted octanol–water partition coefficient (Wildman–Crippen LogP) is -0.0966. The van der Waals surface area contributed by atoms with Crippen molar-refractivity contribution in [2.45, 2.75) is 19.8 Å². The van der Waals surface area contributed by atoms with Crippen LogP contribution in [0, 0.1) is 5.92 Å². The van der Waals surface area contributed by atoms with Crippen LogP contribution in [0.2, 0.25) is 0 Å². The van der Waals surface area contributed by atoms with Crippen molar-refractivity contribution in [1.82, 2.24) is 14.8 Å². The Morgan fingerprint density at radius 1 is 1.56 bits per heavy atom. The Kier molecular flexibility index (Phi) is 3.31. The van der Waals surface area contributed by atoms with Crippen molar-refractivity contribution < 1.29 is 14.3 Å². The summed E-state index contributed by atoms with van der Waals surface area (Å²) in [4.78, 5) is 29.0. The lowest BCUT2D eigenvalue weighted by Crippen LogP contribution is -2.27. The summed E-state index contributed by atoms with van der Waals surface area (Å²) in [6.07, 6.45) is 0.901. The van der Waals surface area contributed by atoms with E-state index in [2.05, 4.69) is 14.8 Å². The van der Waals surface area contributed by atoms with Crippen LogP contribution in [0.4, 0.5) is 5.95 Å². The molecule has 1 unspecified atom stereocenters. The highest BCUT2D eigenvalue weighted by molar-refractivity contribution is 5.98. The molecule has 1 aliphatic rings. The van der Waals surface area contributed by atoms with Gasteiger partial charge in [-0.05, 0) is 0 Å². The molecule has 0 aliphatic carbocycles. The minimum absolute atomic E-state index is 0.140. The van der Waals surface area contributed by atoms with Crippen molar-refractivity contribution >= 4 is 17.8 Å². The fraction of sp³-hybridized carbons (Fsp3) is 0.636. The van der Waals surface area contributed by atoms with Gasteiger partial charge in [0.1, 0.15) is 5.82 Å². The first-order valence-corrected chi connectivity index (χ1v) is 5.85. The number of aromatic nitrogens is 3. The zero-order valence-corrected chi connectivity index (χ0v) is 10.7. The molecule has 1 atom stereocenters. The quantitative estimate of drug-likeness (QED) is 0.702. The van der Waals surface area contributed by atoms with Crippen molar-refractivity contribution in [3.8, 4) is 0 Å². The zero-order chi connectivity index (χ0) is 13.3. The molecule has 98 valence electrons. The number of hydrogen-bond donors (Lipinski definition) is 0. The number of esters is 1. The second-order valence-electron chi connectivity index (χ2n) is 4.23. The second-order valence-corrected chi connectivity index (χ2v) is 4.23. The number of nitrogens with zero attached hydrogens (tertiary/aromatic N) is 4. The third-order valence-electron chi connectivity index (χ3n) is 3.06. The van der Waals surface area contributed by atoms with Gasteiger partial charge in [-0.15, -0.1) is 5.10 Å². The van der Waals surface area contributed by atoms with Gasteiger partial charge in [-0.25, -0.2) is 0 Å². The second kappa shape index (κ2) is 4.75. The summed E-state index contributed by atoms with van der Waals surface area (Å²) in [5, 5.41) is 4.19. The van der Waals surface area contributed by atoms with Crippen molar-refractivity contribution in [2.24, 2.45) is 13.0 Å². The normalized spacial score (nSPS) is 19.4. The predicted molar refractivity (Wildman–Crippen MR) is 62.9 cm³/mol. The molecule has 1 saturated heterocycles. The molecule has 7 heteroatoms. The van der Waals surface area contributed by atoms with Crippen LogP contribution in [0.1, 0.15) is 19.2 Å². The monoisotopic (exact) mass is 252 g/mol. The van der Waals surface area contributed by atoms with Crippen molar-refractivity contribution in [3.05, 3.63) is 5.82 Å². The Balaban J connectivity index is 2.18. The first-order chi connectivity index (χ1) is 8.56. The maximum Gasteiger partial charge on any atom is 0.311 e. The molecule has 0 saturated carbocycles. The maximum absolute atomic E-state index is 11.8. The average Bonchev–Trinajstić information content (AvgIpc) is 2.91. The van der Waals surface area contributed by atoms with Crippen LogP contribution in [0.25, 0.3) is 0 Å². The fourth-order valence-electron chi connectivity index (χ4n) is 2.05. The summed E-state index contributed by atoms with van der Waals surface area (Å²) in [7, 11) is 3.11. The molecule has 7 nitrogen and oxygen atoms in total. The van der Waals surface area contributed by atoms with Crippen molar-refractivity contribution in [2.75, 3.05) is 18.6 Å². The summed E-state index contributed by atoms with van der Waals surface area (Å²) in [5.74, 6) is 0.248. The summed E-state index contributed by atoms with van der Waals surface area (Å²) < 4.78 is 6.30. The molecular formula is C11H16N4O3. The van der Waals surface area contributed by atoms with Gasteiger partial charge in [-0.1, -0.05) is 6.92 Å². The Labute approximate surface area is 105 Å². The summed E-state index contributed by atoms with van der Waals surface area (Å²) in [5.41, 5.74) is 0. The van der Waals surface area contributed by atoms with Gasteiger partial charge in [0.15, 0.2) is 0 Å². The molecule has 1 aliphatic heterocycles. The van der Waals surface area contributed by atoms with Crippen LogP contribution >= 0.6 is 0 Å². The standard InChI is InChI=1S/C11H16N4O3/c1-4-8-12-11(13-14(8)2)15-6-7(5-9(15)16)10(17)18-3/h7H,4-6H2,1-3H3. The number of methoxy groups -OCH3 is 1. The van der Waals surface area contributed by atoms with E-state index >= 15 is 0 Å². The van der Waals surface area contributed by atoms with E-state index in [-0.39, 0.29) is 18.3 Å². The van der Waals surface area contributed by atoms with Gasteiger partial charge >= 0.3 is 5.97 Å². The average molecular weight is 252 g/mol. The van der Waals surface area contributed by atoms with Gasteiger partial charge in [-0.3, -0.25) is 19.2 Å². The highest BCUT2D eigenvalue weighted by Crippen LogP contribution is 2.23. The molecule has 1 fully saturated rings. The van der Waals surface area contributed by atoms with Crippen LogP contribution in [-0.2, 0) is 27.8 Å². The van der Waals surface area contributed by atoms with E-state index in [4.69, 9.17) is 0 Å². The topological polar surface area (TPSA) is 77.3 Å². The molecule has 2 heterocycles. The summed E-state index contributed by atoms with van der Waals surface area (Å²) in [6.45, 7) is 2.26. The number of anilines is 1. The van der Waals surface area contributed by atoms with Crippen LogP contribution < -0.4 is 4.90 Å². The van der Waals surface area contributed by atoms with Gasteiger partial charge in [0.05, 0.1) is 13.0 Å². The van der Waals surface area contributed by atoms with Crippen molar-refractivity contribution in [3.63, 3.8) is 0 Å². The Morgan fingerprint density at radius 2 is 2.28 bits per heavy atom. The van der Waals surface area contributed by atoms with Crippen LogP contribution in [0.15, 0.2) is 0 Å². The molecule has 0 bridgehead atoms.